The molecule has 0 unspecified atom stereocenters. The predicted molar refractivity (Wildman–Crippen MR) is 118 cm³/mol. The van der Waals surface area contributed by atoms with E-state index in [0.717, 1.165) is 5.56 Å². The van der Waals surface area contributed by atoms with Crippen molar-refractivity contribution in [3.63, 3.8) is 0 Å². The number of ether oxygens (including phenoxy) is 4. The van der Waals surface area contributed by atoms with Gasteiger partial charge in [-0.2, -0.15) is 0 Å². The third kappa shape index (κ3) is 4.13. The molecule has 0 saturated heterocycles. The summed E-state index contributed by atoms with van der Waals surface area (Å²) in [6.45, 7) is 1.93. The van der Waals surface area contributed by atoms with E-state index in [0.29, 0.717) is 22.6 Å². The maximum Gasteiger partial charge on any atom is 0.351 e. The molecule has 0 saturated carbocycles. The smallest absolute Gasteiger partial charge is 0.351 e. The second-order valence-corrected chi connectivity index (χ2v) is 6.93. The molecule has 0 atom stereocenters. The number of hydrogen-bond donors (Lipinski definition) is 0. The average Bonchev–Trinajstić information content (AvgIpc) is 2.80. The van der Waals surface area contributed by atoms with Gasteiger partial charge in [0, 0.05) is 6.07 Å². The third-order valence-electron chi connectivity index (χ3n) is 4.77. The Morgan fingerprint density at radius 2 is 1.56 bits per heavy atom. The lowest BCUT2D eigenvalue weighted by molar-refractivity contribution is 0.0727. The number of carbonyl (C=O) groups is 1. The SMILES string of the molecule is COc1cccc(OC)c1C(=O)Oc1ccc2c(=O)c(Oc3cccc(C)c3)coc2c1. The van der Waals surface area contributed by atoms with Crippen molar-refractivity contribution >= 4 is 16.9 Å². The van der Waals surface area contributed by atoms with Crippen LogP contribution in [0, 0.1) is 6.92 Å². The van der Waals surface area contributed by atoms with Crippen molar-refractivity contribution < 1.29 is 28.2 Å². The summed E-state index contributed by atoms with van der Waals surface area (Å²) in [5, 5.41) is 0.296. The van der Waals surface area contributed by atoms with Crippen LogP contribution in [0.3, 0.4) is 0 Å². The molecule has 0 fully saturated rings. The molecule has 0 aliphatic carbocycles. The first kappa shape index (κ1) is 21.0. The Kier molecular flexibility index (Phi) is 5.81. The van der Waals surface area contributed by atoms with Crippen LogP contribution in [0.2, 0.25) is 0 Å². The number of aryl methyl sites for hydroxylation is 1. The monoisotopic (exact) mass is 432 g/mol. The van der Waals surface area contributed by atoms with Crippen molar-refractivity contribution in [1.29, 1.82) is 0 Å². The summed E-state index contributed by atoms with van der Waals surface area (Å²) < 4.78 is 27.2. The second-order valence-electron chi connectivity index (χ2n) is 6.93. The largest absolute Gasteiger partial charge is 0.496 e. The molecule has 3 aromatic carbocycles. The zero-order valence-electron chi connectivity index (χ0n) is 17.7. The summed E-state index contributed by atoms with van der Waals surface area (Å²) in [6, 6.07) is 16.8. The molecule has 7 heteroatoms. The van der Waals surface area contributed by atoms with Gasteiger partial charge in [0.25, 0.3) is 0 Å². The van der Waals surface area contributed by atoms with Crippen LogP contribution in [-0.2, 0) is 0 Å². The Morgan fingerprint density at radius 1 is 0.844 bits per heavy atom. The molecule has 0 bridgehead atoms. The molecule has 0 amide bonds. The number of hydrogen-bond acceptors (Lipinski definition) is 7. The Balaban J connectivity index is 1.62. The Hall–Kier alpha value is -4.26. The Morgan fingerprint density at radius 3 is 2.25 bits per heavy atom. The molecule has 0 radical (unpaired) electrons. The van der Waals surface area contributed by atoms with Gasteiger partial charge >= 0.3 is 5.97 Å². The van der Waals surface area contributed by atoms with Gasteiger partial charge in [-0.25, -0.2) is 4.79 Å². The lowest BCUT2D eigenvalue weighted by Crippen LogP contribution is -2.12. The normalized spacial score (nSPS) is 10.6. The van der Waals surface area contributed by atoms with E-state index in [1.54, 1.807) is 24.3 Å². The molecule has 162 valence electrons. The predicted octanol–water partition coefficient (Wildman–Crippen LogP) is 5.13. The van der Waals surface area contributed by atoms with E-state index in [9.17, 15) is 9.59 Å². The van der Waals surface area contributed by atoms with Gasteiger partial charge in [0.15, 0.2) is 0 Å². The van der Waals surface area contributed by atoms with Crippen LogP contribution in [0.4, 0.5) is 0 Å². The van der Waals surface area contributed by atoms with Crippen molar-refractivity contribution in [2.45, 2.75) is 6.92 Å². The maximum atomic E-state index is 12.8. The highest BCUT2D eigenvalue weighted by atomic mass is 16.5. The fourth-order valence-electron chi connectivity index (χ4n) is 3.24. The number of benzene rings is 3. The van der Waals surface area contributed by atoms with E-state index in [1.165, 1.54) is 38.7 Å². The van der Waals surface area contributed by atoms with Gasteiger partial charge < -0.3 is 23.4 Å². The minimum atomic E-state index is -0.666. The highest BCUT2D eigenvalue weighted by molar-refractivity contribution is 5.97. The minimum Gasteiger partial charge on any atom is -0.496 e. The lowest BCUT2D eigenvalue weighted by Gasteiger charge is -2.12. The Bertz CT molecular complexity index is 1330. The van der Waals surface area contributed by atoms with Crippen LogP contribution in [0.25, 0.3) is 11.0 Å². The average molecular weight is 432 g/mol. The van der Waals surface area contributed by atoms with Crippen molar-refractivity contribution in [3.05, 3.63) is 88.3 Å². The van der Waals surface area contributed by atoms with Crippen LogP contribution < -0.4 is 24.4 Å². The Labute approximate surface area is 183 Å². The minimum absolute atomic E-state index is 0.0617. The lowest BCUT2D eigenvalue weighted by atomic mass is 10.1. The molecule has 4 aromatic rings. The van der Waals surface area contributed by atoms with Crippen LogP contribution in [0.1, 0.15) is 15.9 Å². The van der Waals surface area contributed by atoms with Gasteiger partial charge in [-0.3, -0.25) is 4.79 Å². The summed E-state index contributed by atoms with van der Waals surface area (Å²) in [7, 11) is 2.90. The van der Waals surface area contributed by atoms with E-state index in [2.05, 4.69) is 0 Å². The van der Waals surface area contributed by atoms with E-state index in [4.69, 9.17) is 23.4 Å². The molecule has 0 N–H and O–H groups in total. The molecule has 1 heterocycles. The fourth-order valence-corrected chi connectivity index (χ4v) is 3.24. The summed E-state index contributed by atoms with van der Waals surface area (Å²) in [4.78, 5) is 25.6. The molecule has 32 heavy (non-hydrogen) atoms. The van der Waals surface area contributed by atoms with Crippen LogP contribution >= 0.6 is 0 Å². The number of methoxy groups -OCH3 is 2. The van der Waals surface area contributed by atoms with Gasteiger partial charge in [0.1, 0.15) is 40.4 Å². The first-order chi connectivity index (χ1) is 15.5. The molecule has 7 nitrogen and oxygen atoms in total. The van der Waals surface area contributed by atoms with E-state index in [-0.39, 0.29) is 28.1 Å². The first-order valence-corrected chi connectivity index (χ1v) is 9.73. The number of rotatable bonds is 6. The van der Waals surface area contributed by atoms with Gasteiger partial charge in [-0.05, 0) is 48.9 Å². The summed E-state index contributed by atoms with van der Waals surface area (Å²) >= 11 is 0. The summed E-state index contributed by atoms with van der Waals surface area (Å²) in [5.41, 5.74) is 1.08. The van der Waals surface area contributed by atoms with Gasteiger partial charge in [-0.1, -0.05) is 18.2 Å². The van der Waals surface area contributed by atoms with Gasteiger partial charge in [0.2, 0.25) is 11.2 Å². The standard InChI is InChI=1S/C25H20O7/c1-15-6-4-7-16(12-15)31-22-14-30-21-13-17(10-11-18(21)24(22)26)32-25(27)23-19(28-2)8-5-9-20(23)29-3/h4-14H,1-3H3. The number of carbonyl (C=O) groups excluding carboxylic acids is 1. The van der Waals surface area contributed by atoms with E-state index >= 15 is 0 Å². The maximum absolute atomic E-state index is 12.8. The molecule has 0 aliphatic rings. The molecule has 4 rings (SSSR count). The summed E-state index contributed by atoms with van der Waals surface area (Å²) in [6.07, 6.45) is 1.24. The first-order valence-electron chi connectivity index (χ1n) is 9.73. The van der Waals surface area contributed by atoms with Crippen molar-refractivity contribution in [2.24, 2.45) is 0 Å². The molecular formula is C25H20O7. The van der Waals surface area contributed by atoms with Crippen LogP contribution in [0.5, 0.6) is 28.7 Å². The fraction of sp³-hybridized carbons (Fsp3) is 0.120. The van der Waals surface area contributed by atoms with Gasteiger partial charge in [0.05, 0.1) is 19.6 Å². The number of fused-ring (bicyclic) bond motifs is 1. The molecule has 1 aromatic heterocycles. The van der Waals surface area contributed by atoms with E-state index < -0.39 is 5.97 Å². The summed E-state index contributed by atoms with van der Waals surface area (Å²) in [5.74, 6) is 0.769. The van der Waals surface area contributed by atoms with Crippen LogP contribution in [-0.4, -0.2) is 20.2 Å². The zero-order chi connectivity index (χ0) is 22.7. The second kappa shape index (κ2) is 8.85. The highest BCUT2D eigenvalue weighted by Gasteiger charge is 2.21. The van der Waals surface area contributed by atoms with Gasteiger partial charge in [-0.15, -0.1) is 0 Å². The van der Waals surface area contributed by atoms with Crippen molar-refractivity contribution in [3.8, 4) is 28.7 Å². The highest BCUT2D eigenvalue weighted by Crippen LogP contribution is 2.30. The number of esters is 1. The quantitative estimate of drug-likeness (QED) is 0.308. The zero-order valence-corrected chi connectivity index (χ0v) is 17.7. The third-order valence-corrected chi connectivity index (χ3v) is 4.77. The topological polar surface area (TPSA) is 84.2 Å². The molecule has 0 spiro atoms. The van der Waals surface area contributed by atoms with Crippen LogP contribution in [0.15, 0.2) is 76.1 Å². The molecular weight excluding hydrogens is 412 g/mol. The van der Waals surface area contributed by atoms with E-state index in [1.807, 2.05) is 25.1 Å². The van der Waals surface area contributed by atoms with Crippen molar-refractivity contribution in [1.82, 2.24) is 0 Å². The molecule has 0 aliphatic heterocycles. The van der Waals surface area contributed by atoms with Crippen molar-refractivity contribution in [2.75, 3.05) is 14.2 Å².